The van der Waals surface area contributed by atoms with Gasteiger partial charge in [0.2, 0.25) is 0 Å². The van der Waals surface area contributed by atoms with Crippen molar-refractivity contribution in [2.24, 2.45) is 11.3 Å². The number of aliphatic hydroxyl groups is 1. The highest BCUT2D eigenvalue weighted by Gasteiger charge is 2.40. The average Bonchev–Trinajstić information content (AvgIpc) is 3.68. The lowest BCUT2D eigenvalue weighted by Crippen LogP contribution is -2.51. The number of rotatable bonds is 11. The zero-order valence-electron chi connectivity index (χ0n) is 26.2. The van der Waals surface area contributed by atoms with Crippen LogP contribution >= 0.6 is 22.7 Å². The number of nitrogens with one attached hydrogen (secondary N) is 2. The zero-order valence-corrected chi connectivity index (χ0v) is 27.9. The van der Waals surface area contributed by atoms with Crippen molar-refractivity contribution < 1.29 is 15.0 Å². The van der Waals surface area contributed by atoms with E-state index < -0.39 is 6.10 Å². The maximum absolute atomic E-state index is 13.3. The second kappa shape index (κ2) is 14.3. The van der Waals surface area contributed by atoms with Crippen LogP contribution in [0.4, 0.5) is 0 Å². The molecule has 2 saturated heterocycles. The number of allylic oxidation sites excluding steroid dienone is 2. The third kappa shape index (κ3) is 7.63. The highest BCUT2D eigenvalue weighted by Crippen LogP contribution is 2.41. The fourth-order valence-electron chi connectivity index (χ4n) is 7.38. The molecule has 3 aliphatic rings. The molecule has 4 N–H and O–H groups in total. The lowest BCUT2D eigenvalue weighted by molar-refractivity contribution is 0.0195. The molecule has 45 heavy (non-hydrogen) atoms. The summed E-state index contributed by atoms with van der Waals surface area (Å²) in [6, 6.07) is 5.32. The van der Waals surface area contributed by atoms with Crippen LogP contribution in [-0.2, 0) is 6.42 Å². The van der Waals surface area contributed by atoms with Gasteiger partial charge in [0.05, 0.1) is 16.4 Å². The van der Waals surface area contributed by atoms with Crippen LogP contribution in [0, 0.1) is 11.3 Å². The first-order valence-electron chi connectivity index (χ1n) is 16.5. The molecular formula is C35H46N4O4S2. The van der Waals surface area contributed by atoms with Crippen LogP contribution in [0.15, 0.2) is 52.2 Å². The van der Waals surface area contributed by atoms with Crippen molar-refractivity contribution in [3.05, 3.63) is 73.1 Å². The second-order valence-corrected chi connectivity index (χ2v) is 15.2. The van der Waals surface area contributed by atoms with E-state index in [4.69, 9.17) is 0 Å². The number of aromatic hydroxyl groups is 1. The van der Waals surface area contributed by atoms with Crippen molar-refractivity contribution in [3.63, 3.8) is 0 Å². The number of hydrogen-bond acceptors (Lipinski definition) is 8. The summed E-state index contributed by atoms with van der Waals surface area (Å²) in [5.74, 6) is 0.749. The van der Waals surface area contributed by atoms with Gasteiger partial charge in [-0.05, 0) is 88.0 Å². The van der Waals surface area contributed by atoms with E-state index in [2.05, 4.69) is 56.7 Å². The fourth-order valence-corrected chi connectivity index (χ4v) is 9.26. The Hall–Kier alpha value is -2.76. The number of thiazole rings is 1. The summed E-state index contributed by atoms with van der Waals surface area (Å²) >= 11 is 2.73. The zero-order chi connectivity index (χ0) is 31.4. The largest absolute Gasteiger partial charge is 0.506 e. The number of fused-ring (bicyclic) bond motifs is 1. The molecule has 1 unspecified atom stereocenters. The Labute approximate surface area is 273 Å². The molecular weight excluding hydrogens is 605 g/mol. The van der Waals surface area contributed by atoms with E-state index in [1.165, 1.54) is 35.8 Å². The number of amides is 1. The SMILES string of the molecule is CCCc1cc(C(=O)N2CCCC3(CCN(CC4C=C(CCNC[C@H](O)c5ccc(O)c6[nH]c(=O)sc56)C=CC4)CC3)C2)cs1. The number of aliphatic hydroxyl groups excluding tert-OH is 1. The normalized spacial score (nSPS) is 21.0. The third-order valence-electron chi connectivity index (χ3n) is 9.85. The molecule has 1 aliphatic carbocycles. The minimum atomic E-state index is -0.769. The Morgan fingerprint density at radius 2 is 2.04 bits per heavy atom. The lowest BCUT2D eigenvalue weighted by Gasteiger charge is -2.48. The standard InChI is InChI=1S/C35H46N4O4S2/c1-2-5-27-19-26(22-44-27)33(42)39-15-4-11-35(23-39)12-16-38(17-13-35)21-25-7-3-6-24(18-25)10-14-36-20-30(41)28-8-9-29(40)31-32(28)45-34(43)37-31/h3,6,8-9,18-19,22,25,30,36,40-41H,2,4-5,7,10-17,20-21,23H2,1H3,(H,37,43)/t25?,30-/m0/s1. The molecule has 8 nitrogen and oxygen atoms in total. The van der Waals surface area contributed by atoms with Gasteiger partial charge < -0.3 is 30.3 Å². The molecule has 10 heteroatoms. The summed E-state index contributed by atoms with van der Waals surface area (Å²) < 4.78 is 0.604. The van der Waals surface area contributed by atoms with Crippen LogP contribution in [0.25, 0.3) is 10.2 Å². The molecule has 2 aromatic heterocycles. The molecule has 2 fully saturated rings. The molecule has 1 aromatic carbocycles. The van der Waals surface area contributed by atoms with E-state index in [1.54, 1.807) is 17.4 Å². The van der Waals surface area contributed by atoms with Gasteiger partial charge in [0.25, 0.3) is 5.91 Å². The van der Waals surface area contributed by atoms with Crippen LogP contribution in [0.1, 0.15) is 78.8 Å². The lowest BCUT2D eigenvalue weighted by atomic mass is 9.72. The van der Waals surface area contributed by atoms with Gasteiger partial charge in [-0.1, -0.05) is 54.5 Å². The molecule has 1 amide bonds. The minimum Gasteiger partial charge on any atom is -0.506 e. The van der Waals surface area contributed by atoms with E-state index in [9.17, 15) is 19.8 Å². The Morgan fingerprint density at radius 3 is 2.87 bits per heavy atom. The van der Waals surface area contributed by atoms with Gasteiger partial charge >= 0.3 is 4.87 Å². The smallest absolute Gasteiger partial charge is 0.305 e. The number of carbonyl (C=O) groups is 1. The van der Waals surface area contributed by atoms with E-state index in [1.807, 2.05) is 0 Å². The highest BCUT2D eigenvalue weighted by atomic mass is 32.1. The Bertz CT molecular complexity index is 1600. The Kier molecular flexibility index (Phi) is 10.3. The van der Waals surface area contributed by atoms with Crippen molar-refractivity contribution in [2.75, 3.05) is 45.8 Å². The van der Waals surface area contributed by atoms with Gasteiger partial charge in [-0.2, -0.15) is 0 Å². The maximum atomic E-state index is 13.3. The predicted octanol–water partition coefficient (Wildman–Crippen LogP) is 5.84. The first-order valence-corrected chi connectivity index (χ1v) is 18.2. The second-order valence-electron chi connectivity index (χ2n) is 13.2. The predicted molar refractivity (Wildman–Crippen MR) is 183 cm³/mol. The van der Waals surface area contributed by atoms with E-state index in [0.717, 1.165) is 88.3 Å². The van der Waals surface area contributed by atoms with Crippen molar-refractivity contribution in [3.8, 4) is 5.75 Å². The van der Waals surface area contributed by atoms with Crippen molar-refractivity contribution in [2.45, 2.75) is 64.4 Å². The Morgan fingerprint density at radius 1 is 1.20 bits per heavy atom. The summed E-state index contributed by atoms with van der Waals surface area (Å²) in [7, 11) is 0. The number of aryl methyl sites for hydroxylation is 1. The molecule has 2 aliphatic heterocycles. The number of carbonyl (C=O) groups excluding carboxylic acids is 1. The molecule has 0 radical (unpaired) electrons. The van der Waals surface area contributed by atoms with Crippen molar-refractivity contribution >= 4 is 38.8 Å². The number of H-pyrrole nitrogens is 1. The summed E-state index contributed by atoms with van der Waals surface area (Å²) in [6.07, 6.45) is 15.0. The maximum Gasteiger partial charge on any atom is 0.305 e. The van der Waals surface area contributed by atoms with Gasteiger partial charge in [0.15, 0.2) is 0 Å². The number of phenolic OH excluding ortho intramolecular Hbond substituents is 1. The summed E-state index contributed by atoms with van der Waals surface area (Å²) in [5, 5.41) is 26.2. The quantitative estimate of drug-likeness (QED) is 0.194. The highest BCUT2D eigenvalue weighted by molar-refractivity contribution is 7.16. The van der Waals surface area contributed by atoms with Crippen molar-refractivity contribution in [1.29, 1.82) is 0 Å². The van der Waals surface area contributed by atoms with E-state index in [-0.39, 0.29) is 21.9 Å². The first kappa shape index (κ1) is 32.2. The molecule has 6 rings (SSSR count). The van der Waals surface area contributed by atoms with Crippen LogP contribution in [-0.4, -0.2) is 76.7 Å². The monoisotopic (exact) mass is 650 g/mol. The molecule has 0 bridgehead atoms. The molecule has 4 heterocycles. The minimum absolute atomic E-state index is 0.0181. The van der Waals surface area contributed by atoms with Crippen LogP contribution in [0.3, 0.4) is 0 Å². The number of hydrogen-bond donors (Lipinski definition) is 4. The van der Waals surface area contributed by atoms with E-state index in [0.29, 0.717) is 28.2 Å². The number of benzene rings is 1. The molecule has 1 spiro atoms. The van der Waals surface area contributed by atoms with Gasteiger partial charge in [-0.3, -0.25) is 9.59 Å². The van der Waals surface area contributed by atoms with Crippen LogP contribution in [0.2, 0.25) is 0 Å². The van der Waals surface area contributed by atoms with Crippen LogP contribution < -0.4 is 10.2 Å². The molecule has 242 valence electrons. The number of phenols is 1. The summed E-state index contributed by atoms with van der Waals surface area (Å²) in [5.41, 5.74) is 3.51. The Balaban J connectivity index is 0.948. The molecule has 3 aromatic rings. The molecule has 0 saturated carbocycles. The van der Waals surface area contributed by atoms with Gasteiger partial charge in [-0.15, -0.1) is 11.3 Å². The summed E-state index contributed by atoms with van der Waals surface area (Å²) in [6.45, 7) is 8.37. The fraction of sp³-hybridized carbons (Fsp3) is 0.543. The number of piperidine rings is 2. The number of aromatic nitrogens is 1. The first-order chi connectivity index (χ1) is 21.8. The molecule has 2 atom stereocenters. The number of nitrogens with zero attached hydrogens (tertiary/aromatic N) is 2. The van der Waals surface area contributed by atoms with Crippen LogP contribution in [0.5, 0.6) is 5.75 Å². The summed E-state index contributed by atoms with van der Waals surface area (Å²) in [4.78, 5) is 33.6. The number of aromatic amines is 1. The topological polar surface area (TPSA) is 109 Å². The number of likely N-dealkylation sites (tertiary alicyclic amines) is 2. The van der Waals surface area contributed by atoms with Gasteiger partial charge in [-0.25, -0.2) is 0 Å². The van der Waals surface area contributed by atoms with E-state index >= 15 is 0 Å². The van der Waals surface area contributed by atoms with Gasteiger partial charge in [0.1, 0.15) is 11.3 Å². The average molecular weight is 651 g/mol. The van der Waals surface area contributed by atoms with Crippen molar-refractivity contribution in [1.82, 2.24) is 20.1 Å². The third-order valence-corrected chi connectivity index (χ3v) is 11.8. The number of thiophene rings is 1. The van der Waals surface area contributed by atoms with Gasteiger partial charge in [0, 0.05) is 42.0 Å².